The zero-order valence-electron chi connectivity index (χ0n) is 7.69. The highest BCUT2D eigenvalue weighted by molar-refractivity contribution is 14.1. The Morgan fingerprint density at radius 2 is 1.79 bits per heavy atom. The first-order valence-electron chi connectivity index (χ1n) is 3.87. The van der Waals surface area contributed by atoms with Gasteiger partial charge in [-0.1, -0.05) is 6.07 Å². The van der Waals surface area contributed by atoms with E-state index in [4.69, 9.17) is 0 Å². The van der Waals surface area contributed by atoms with Gasteiger partial charge in [-0.15, -0.1) is 0 Å². The molecule has 0 fully saturated rings. The fourth-order valence-corrected chi connectivity index (χ4v) is 1.96. The molecule has 0 atom stereocenters. The van der Waals surface area contributed by atoms with E-state index in [2.05, 4.69) is 0 Å². The van der Waals surface area contributed by atoms with E-state index in [9.17, 15) is 13.2 Å². The van der Waals surface area contributed by atoms with E-state index in [0.29, 0.717) is 0 Å². The molecule has 0 N–H and O–H groups in total. The van der Waals surface area contributed by atoms with Gasteiger partial charge in [-0.25, -0.2) is 0 Å². The molecule has 78 valence electrons. The first-order valence-corrected chi connectivity index (χ1v) is 4.95. The number of hydrogen-bond acceptors (Lipinski definition) is 1. The molecule has 0 aliphatic rings. The Hall–Kier alpha value is -0.460. The Morgan fingerprint density at radius 3 is 2.14 bits per heavy atom. The minimum Gasteiger partial charge on any atom is -0.377 e. The van der Waals surface area contributed by atoms with Crippen LogP contribution in [-0.4, -0.2) is 14.1 Å². The van der Waals surface area contributed by atoms with Crippen LogP contribution < -0.4 is 4.90 Å². The molecule has 0 aromatic heterocycles. The van der Waals surface area contributed by atoms with Crippen LogP contribution in [0, 0.1) is 3.57 Å². The minimum absolute atomic E-state index is 0.199. The van der Waals surface area contributed by atoms with E-state index in [1.165, 1.54) is 17.0 Å². The third kappa shape index (κ3) is 2.31. The Kier molecular flexibility index (Phi) is 3.28. The molecule has 5 heteroatoms. The summed E-state index contributed by atoms with van der Waals surface area (Å²) in [5.41, 5.74) is -0.366. The first-order chi connectivity index (χ1) is 6.34. The number of nitrogens with zero attached hydrogens (tertiary/aromatic N) is 1. The van der Waals surface area contributed by atoms with Gasteiger partial charge in [0.15, 0.2) is 0 Å². The molecule has 0 spiro atoms. The van der Waals surface area contributed by atoms with Gasteiger partial charge in [0.25, 0.3) is 0 Å². The average molecular weight is 315 g/mol. The summed E-state index contributed by atoms with van der Waals surface area (Å²) in [6.07, 6.45) is -4.29. The summed E-state index contributed by atoms with van der Waals surface area (Å²) < 4.78 is 38.1. The molecule has 1 nitrogen and oxygen atoms in total. The van der Waals surface area contributed by atoms with Crippen LogP contribution in [0.1, 0.15) is 5.56 Å². The van der Waals surface area contributed by atoms with Crippen LogP contribution in [0.25, 0.3) is 0 Å². The lowest BCUT2D eigenvalue weighted by Crippen LogP contribution is -2.17. The Bertz CT molecular complexity index is 333. The molecule has 0 heterocycles. The van der Waals surface area contributed by atoms with E-state index in [1.807, 2.05) is 0 Å². The molecule has 0 radical (unpaired) electrons. The maximum Gasteiger partial charge on any atom is 0.419 e. The van der Waals surface area contributed by atoms with Crippen molar-refractivity contribution < 1.29 is 13.2 Å². The summed E-state index contributed by atoms with van der Waals surface area (Å²) >= 11 is 1.70. The molecule has 0 aliphatic carbocycles. The summed E-state index contributed by atoms with van der Waals surface area (Å²) in [4.78, 5) is 1.46. The quantitative estimate of drug-likeness (QED) is 0.718. The molecule has 1 rings (SSSR count). The second-order valence-electron chi connectivity index (χ2n) is 3.03. The van der Waals surface area contributed by atoms with Crippen molar-refractivity contribution in [3.63, 3.8) is 0 Å². The van der Waals surface area contributed by atoms with E-state index in [1.54, 1.807) is 42.8 Å². The van der Waals surface area contributed by atoms with Crippen LogP contribution in [0.5, 0.6) is 0 Å². The molecular formula is C9H9F3IN. The van der Waals surface area contributed by atoms with Gasteiger partial charge in [0.2, 0.25) is 0 Å². The number of hydrogen-bond donors (Lipinski definition) is 0. The highest BCUT2D eigenvalue weighted by Crippen LogP contribution is 2.38. The molecule has 0 saturated heterocycles. The van der Waals surface area contributed by atoms with Crippen LogP contribution in [0.3, 0.4) is 0 Å². The van der Waals surface area contributed by atoms with Crippen molar-refractivity contribution in [1.29, 1.82) is 0 Å². The fourth-order valence-electron chi connectivity index (χ4n) is 1.17. The van der Waals surface area contributed by atoms with Gasteiger partial charge in [0.1, 0.15) is 0 Å². The van der Waals surface area contributed by atoms with Crippen LogP contribution in [0.2, 0.25) is 0 Å². The van der Waals surface area contributed by atoms with E-state index in [0.717, 1.165) is 0 Å². The highest BCUT2D eigenvalue weighted by Gasteiger charge is 2.36. The standard InChI is InChI=1S/C9H9F3IN/c1-14(2)7-5-3-4-6(13)8(7)9(10,11)12/h3-5H,1-2H3. The normalized spacial score (nSPS) is 11.6. The molecule has 0 saturated carbocycles. The molecule has 1 aromatic carbocycles. The van der Waals surface area contributed by atoms with Crippen molar-refractivity contribution in [2.45, 2.75) is 6.18 Å². The first kappa shape index (κ1) is 11.6. The van der Waals surface area contributed by atoms with Crippen molar-refractivity contribution in [2.24, 2.45) is 0 Å². The molecule has 1 aromatic rings. The van der Waals surface area contributed by atoms with Crippen LogP contribution in [0.15, 0.2) is 18.2 Å². The highest BCUT2D eigenvalue weighted by atomic mass is 127. The number of rotatable bonds is 1. The maximum absolute atomic E-state index is 12.6. The summed E-state index contributed by atoms with van der Waals surface area (Å²) in [6, 6.07) is 4.54. The summed E-state index contributed by atoms with van der Waals surface area (Å²) in [5.74, 6) is 0. The van der Waals surface area contributed by atoms with Gasteiger partial charge in [-0.3, -0.25) is 0 Å². The second-order valence-corrected chi connectivity index (χ2v) is 4.19. The summed E-state index contributed by atoms with van der Waals surface area (Å²) in [7, 11) is 3.20. The van der Waals surface area contributed by atoms with Crippen molar-refractivity contribution in [2.75, 3.05) is 19.0 Å². The van der Waals surface area contributed by atoms with E-state index in [-0.39, 0.29) is 9.26 Å². The monoisotopic (exact) mass is 315 g/mol. The lowest BCUT2D eigenvalue weighted by atomic mass is 10.1. The minimum atomic E-state index is -4.29. The van der Waals surface area contributed by atoms with Crippen molar-refractivity contribution >= 4 is 28.3 Å². The average Bonchev–Trinajstić information content (AvgIpc) is 2.01. The van der Waals surface area contributed by atoms with Gasteiger partial charge >= 0.3 is 6.18 Å². The third-order valence-electron chi connectivity index (χ3n) is 1.76. The smallest absolute Gasteiger partial charge is 0.377 e. The predicted molar refractivity (Wildman–Crippen MR) is 58.5 cm³/mol. The van der Waals surface area contributed by atoms with E-state index >= 15 is 0 Å². The lowest BCUT2D eigenvalue weighted by molar-refractivity contribution is -0.137. The fraction of sp³-hybridized carbons (Fsp3) is 0.333. The zero-order chi connectivity index (χ0) is 10.9. The third-order valence-corrected chi connectivity index (χ3v) is 2.66. The predicted octanol–water partition coefficient (Wildman–Crippen LogP) is 3.38. The van der Waals surface area contributed by atoms with Crippen LogP contribution >= 0.6 is 22.6 Å². The van der Waals surface area contributed by atoms with Gasteiger partial charge in [-0.05, 0) is 34.7 Å². The lowest BCUT2D eigenvalue weighted by Gasteiger charge is -2.20. The van der Waals surface area contributed by atoms with Crippen molar-refractivity contribution in [3.8, 4) is 0 Å². The molecular weight excluding hydrogens is 306 g/mol. The van der Waals surface area contributed by atoms with E-state index < -0.39 is 11.7 Å². The van der Waals surface area contributed by atoms with Crippen LogP contribution in [-0.2, 0) is 6.18 Å². The molecule has 0 aliphatic heterocycles. The molecule has 14 heavy (non-hydrogen) atoms. The second kappa shape index (κ2) is 3.96. The van der Waals surface area contributed by atoms with Crippen molar-refractivity contribution in [1.82, 2.24) is 0 Å². The van der Waals surface area contributed by atoms with Crippen molar-refractivity contribution in [3.05, 3.63) is 27.3 Å². The Morgan fingerprint density at radius 1 is 1.21 bits per heavy atom. The molecule has 0 amide bonds. The van der Waals surface area contributed by atoms with Crippen LogP contribution in [0.4, 0.5) is 18.9 Å². The van der Waals surface area contributed by atoms with Gasteiger partial charge in [0, 0.05) is 23.4 Å². The largest absolute Gasteiger partial charge is 0.419 e. The topological polar surface area (TPSA) is 3.24 Å². The van der Waals surface area contributed by atoms with Gasteiger partial charge < -0.3 is 4.90 Å². The number of benzene rings is 1. The summed E-state index contributed by atoms with van der Waals surface area (Å²) in [5, 5.41) is 0. The SMILES string of the molecule is CN(C)c1cccc(I)c1C(F)(F)F. The number of anilines is 1. The summed E-state index contributed by atoms with van der Waals surface area (Å²) in [6.45, 7) is 0. The van der Waals surface area contributed by atoms with Gasteiger partial charge in [-0.2, -0.15) is 13.2 Å². The number of halogens is 4. The maximum atomic E-state index is 12.6. The zero-order valence-corrected chi connectivity index (χ0v) is 9.85. The molecule has 0 unspecified atom stereocenters. The van der Waals surface area contributed by atoms with Gasteiger partial charge in [0.05, 0.1) is 5.56 Å². The Balaban J connectivity index is 3.38. The number of alkyl halides is 3. The Labute approximate surface area is 94.0 Å². The molecule has 0 bridgehead atoms.